The third-order valence-corrected chi connectivity index (χ3v) is 1.32. The Morgan fingerprint density at radius 1 is 1.70 bits per heavy atom. The van der Waals surface area contributed by atoms with E-state index in [-0.39, 0.29) is 0 Å². The highest BCUT2D eigenvalue weighted by molar-refractivity contribution is 9.10. The molecule has 1 aromatic rings. The summed E-state index contributed by atoms with van der Waals surface area (Å²) in [6.45, 7) is 0. The van der Waals surface area contributed by atoms with Gasteiger partial charge in [-0.2, -0.15) is 0 Å². The van der Waals surface area contributed by atoms with E-state index in [2.05, 4.69) is 25.9 Å². The van der Waals surface area contributed by atoms with Gasteiger partial charge < -0.3 is 10.4 Å². The molecule has 0 aliphatic carbocycles. The van der Waals surface area contributed by atoms with Crippen molar-refractivity contribution in [3.63, 3.8) is 0 Å². The van der Waals surface area contributed by atoms with Gasteiger partial charge in [0, 0.05) is 6.21 Å². The number of imidazole rings is 1. The van der Waals surface area contributed by atoms with Crippen LogP contribution in [0.3, 0.4) is 0 Å². The van der Waals surface area contributed by atoms with Crippen LogP contribution < -0.4 is 0 Å². The fraction of sp³-hybridized carbons (Fsp3) is 0. The molecule has 0 aromatic carbocycles. The Bertz CT molecular complexity index is 251. The monoisotopic (exact) mass is 199 g/mol. The van der Waals surface area contributed by atoms with E-state index in [1.807, 2.05) is 0 Å². The van der Waals surface area contributed by atoms with Crippen LogP contribution in [0.15, 0.2) is 16.9 Å². The zero-order valence-electron chi connectivity index (χ0n) is 5.13. The third-order valence-electron chi connectivity index (χ3n) is 0.915. The number of allylic oxidation sites excluding steroid dienone is 1. The van der Waals surface area contributed by atoms with Crippen LogP contribution in [-0.4, -0.2) is 16.2 Å². The van der Waals surface area contributed by atoms with Gasteiger partial charge in [-0.25, -0.2) is 4.98 Å². The standard InChI is InChI=1S/C6H6BrN3/c7-5-4-9-6(10-5)2-1-3-8/h1-4,8H,(H,9,10)/b2-1-,8-3?. The fourth-order valence-corrected chi connectivity index (χ4v) is 0.843. The molecule has 0 aliphatic rings. The van der Waals surface area contributed by atoms with E-state index in [0.717, 1.165) is 10.4 Å². The molecule has 1 aromatic heterocycles. The van der Waals surface area contributed by atoms with E-state index in [1.54, 1.807) is 18.3 Å². The second kappa shape index (κ2) is 3.31. The van der Waals surface area contributed by atoms with Gasteiger partial charge in [-0.05, 0) is 28.1 Å². The molecule has 0 amide bonds. The zero-order valence-corrected chi connectivity index (χ0v) is 6.72. The second-order valence-electron chi connectivity index (χ2n) is 1.64. The molecule has 52 valence electrons. The predicted octanol–water partition coefficient (Wildman–Crippen LogP) is 1.83. The Morgan fingerprint density at radius 2 is 2.50 bits per heavy atom. The summed E-state index contributed by atoms with van der Waals surface area (Å²) in [5, 5.41) is 6.69. The first-order valence-electron chi connectivity index (χ1n) is 2.70. The quantitative estimate of drug-likeness (QED) is 0.703. The molecule has 2 N–H and O–H groups in total. The third kappa shape index (κ3) is 1.80. The largest absolute Gasteiger partial charge is 0.333 e. The van der Waals surface area contributed by atoms with Gasteiger partial charge in [0.2, 0.25) is 0 Å². The summed E-state index contributed by atoms with van der Waals surface area (Å²) < 4.78 is 0.845. The van der Waals surface area contributed by atoms with E-state index in [4.69, 9.17) is 5.41 Å². The number of halogens is 1. The number of nitrogens with zero attached hydrogens (tertiary/aromatic N) is 1. The minimum Gasteiger partial charge on any atom is -0.333 e. The summed E-state index contributed by atoms with van der Waals surface area (Å²) in [5.41, 5.74) is 0. The lowest BCUT2D eigenvalue weighted by Crippen LogP contribution is -1.72. The molecule has 0 radical (unpaired) electrons. The van der Waals surface area contributed by atoms with Crippen LogP contribution in [0, 0.1) is 5.41 Å². The molecule has 0 bridgehead atoms. The topological polar surface area (TPSA) is 52.5 Å². The molecule has 0 unspecified atom stereocenters. The fourth-order valence-electron chi connectivity index (χ4n) is 0.537. The Balaban J connectivity index is 2.75. The lowest BCUT2D eigenvalue weighted by atomic mass is 10.5. The smallest absolute Gasteiger partial charge is 0.130 e. The van der Waals surface area contributed by atoms with Crippen LogP contribution in [0.5, 0.6) is 0 Å². The highest BCUT2D eigenvalue weighted by Gasteiger charge is 1.89. The van der Waals surface area contributed by atoms with Crippen LogP contribution in [0.25, 0.3) is 6.08 Å². The Morgan fingerprint density at radius 3 is 3.00 bits per heavy atom. The van der Waals surface area contributed by atoms with Gasteiger partial charge in [0.25, 0.3) is 0 Å². The molecule has 4 heteroatoms. The molecular formula is C6H6BrN3. The number of hydrogen-bond donors (Lipinski definition) is 2. The van der Waals surface area contributed by atoms with Crippen LogP contribution in [0.2, 0.25) is 0 Å². The molecule has 3 nitrogen and oxygen atoms in total. The maximum Gasteiger partial charge on any atom is 0.130 e. The maximum absolute atomic E-state index is 6.69. The number of nitrogens with one attached hydrogen (secondary N) is 2. The highest BCUT2D eigenvalue weighted by atomic mass is 79.9. The van der Waals surface area contributed by atoms with E-state index < -0.39 is 0 Å². The normalized spacial score (nSPS) is 10.5. The van der Waals surface area contributed by atoms with Gasteiger partial charge >= 0.3 is 0 Å². The molecule has 10 heavy (non-hydrogen) atoms. The molecule has 1 heterocycles. The Kier molecular flexibility index (Phi) is 2.39. The van der Waals surface area contributed by atoms with Crippen molar-refractivity contribution in [3.8, 4) is 0 Å². The zero-order chi connectivity index (χ0) is 7.40. The van der Waals surface area contributed by atoms with Crippen molar-refractivity contribution < 1.29 is 0 Å². The average Bonchev–Trinajstić information content (AvgIpc) is 2.31. The molecule has 1 rings (SSSR count). The minimum absolute atomic E-state index is 0.746. The lowest BCUT2D eigenvalue weighted by Gasteiger charge is -1.78. The molecule has 0 fully saturated rings. The van der Waals surface area contributed by atoms with E-state index in [9.17, 15) is 0 Å². The first-order chi connectivity index (χ1) is 4.83. The van der Waals surface area contributed by atoms with Crippen molar-refractivity contribution in [2.24, 2.45) is 0 Å². The van der Waals surface area contributed by atoms with Crippen molar-refractivity contribution in [3.05, 3.63) is 22.7 Å². The number of hydrogen-bond acceptors (Lipinski definition) is 2. The van der Waals surface area contributed by atoms with Crippen LogP contribution >= 0.6 is 15.9 Å². The number of aromatic amines is 1. The van der Waals surface area contributed by atoms with Crippen molar-refractivity contribution in [2.75, 3.05) is 0 Å². The van der Waals surface area contributed by atoms with Crippen molar-refractivity contribution in [2.45, 2.75) is 0 Å². The summed E-state index contributed by atoms with van der Waals surface area (Å²) in [4.78, 5) is 6.89. The number of H-pyrrole nitrogens is 1. The van der Waals surface area contributed by atoms with Gasteiger partial charge in [-0.15, -0.1) is 0 Å². The van der Waals surface area contributed by atoms with E-state index >= 15 is 0 Å². The number of aromatic nitrogens is 2. The first kappa shape index (κ1) is 7.21. The van der Waals surface area contributed by atoms with E-state index in [0.29, 0.717) is 0 Å². The Labute approximate surface area is 66.8 Å². The van der Waals surface area contributed by atoms with E-state index in [1.165, 1.54) is 6.21 Å². The van der Waals surface area contributed by atoms with Gasteiger partial charge in [0.05, 0.1) is 6.20 Å². The molecule has 0 atom stereocenters. The summed E-state index contributed by atoms with van der Waals surface area (Å²) in [6, 6.07) is 0. The molecule has 0 saturated carbocycles. The van der Waals surface area contributed by atoms with Gasteiger partial charge in [-0.1, -0.05) is 0 Å². The summed E-state index contributed by atoms with van der Waals surface area (Å²) in [7, 11) is 0. The highest BCUT2D eigenvalue weighted by Crippen LogP contribution is 2.05. The average molecular weight is 200 g/mol. The number of rotatable bonds is 2. The van der Waals surface area contributed by atoms with Crippen molar-refractivity contribution in [1.82, 2.24) is 9.97 Å². The maximum atomic E-state index is 6.69. The van der Waals surface area contributed by atoms with Gasteiger partial charge in [-0.3, -0.25) is 0 Å². The molecule has 0 spiro atoms. The van der Waals surface area contributed by atoms with Gasteiger partial charge in [0.15, 0.2) is 0 Å². The van der Waals surface area contributed by atoms with Crippen molar-refractivity contribution in [1.29, 1.82) is 5.41 Å². The minimum atomic E-state index is 0.746. The van der Waals surface area contributed by atoms with Crippen molar-refractivity contribution >= 4 is 28.2 Å². The Hall–Kier alpha value is -0.900. The van der Waals surface area contributed by atoms with Crippen LogP contribution in [0.4, 0.5) is 0 Å². The first-order valence-corrected chi connectivity index (χ1v) is 3.50. The van der Waals surface area contributed by atoms with Crippen LogP contribution in [-0.2, 0) is 0 Å². The SMILES string of the molecule is N=C/C=C\c1ncc(Br)[nH]1. The van der Waals surface area contributed by atoms with Gasteiger partial charge in [0.1, 0.15) is 10.4 Å². The molecule has 0 aliphatic heterocycles. The summed E-state index contributed by atoms with van der Waals surface area (Å²) in [5.74, 6) is 0.746. The second-order valence-corrected chi connectivity index (χ2v) is 2.50. The lowest BCUT2D eigenvalue weighted by molar-refractivity contribution is 1.25. The van der Waals surface area contributed by atoms with Crippen LogP contribution in [0.1, 0.15) is 5.82 Å². The summed E-state index contributed by atoms with van der Waals surface area (Å²) in [6.07, 6.45) is 6.20. The molecular weight excluding hydrogens is 194 g/mol. The summed E-state index contributed by atoms with van der Waals surface area (Å²) >= 11 is 3.22. The predicted molar refractivity (Wildman–Crippen MR) is 44.1 cm³/mol. The molecule has 0 saturated heterocycles.